The second-order valence-electron chi connectivity index (χ2n) is 8.44. The van der Waals surface area contributed by atoms with Crippen LogP contribution in [0.25, 0.3) is 11.1 Å². The van der Waals surface area contributed by atoms with Gasteiger partial charge >= 0.3 is 0 Å². The van der Waals surface area contributed by atoms with Crippen LogP contribution >= 0.6 is 0 Å². The van der Waals surface area contributed by atoms with Gasteiger partial charge in [0.25, 0.3) is 5.91 Å². The fraction of sp³-hybridized carbons (Fsp3) is 0.360. The molecule has 0 saturated carbocycles. The third kappa shape index (κ3) is 4.59. The van der Waals surface area contributed by atoms with E-state index in [0.717, 1.165) is 49.4 Å². The van der Waals surface area contributed by atoms with Crippen LogP contribution in [0, 0.1) is 5.82 Å². The van der Waals surface area contributed by atoms with E-state index in [1.165, 1.54) is 12.1 Å². The molecule has 0 unspecified atom stereocenters. The van der Waals surface area contributed by atoms with E-state index in [-0.39, 0.29) is 5.91 Å². The van der Waals surface area contributed by atoms with Gasteiger partial charge in [-0.25, -0.2) is 4.39 Å². The number of aromatic nitrogens is 1. The van der Waals surface area contributed by atoms with E-state index in [0.29, 0.717) is 22.6 Å². The maximum absolute atomic E-state index is 13.6. The highest BCUT2D eigenvalue weighted by molar-refractivity contribution is 6.32. The Hall–Kier alpha value is -3.03. The Morgan fingerprint density at radius 3 is 2.81 bits per heavy atom. The first kappa shape index (κ1) is 22.2. The summed E-state index contributed by atoms with van der Waals surface area (Å²) in [6.07, 6.45) is 5.57. The van der Waals surface area contributed by atoms with Gasteiger partial charge in [0, 0.05) is 55.3 Å². The Morgan fingerprint density at radius 1 is 1.22 bits per heavy atom. The van der Waals surface area contributed by atoms with Gasteiger partial charge < -0.3 is 20.1 Å². The average Bonchev–Trinajstić information content (AvgIpc) is 3.25. The third-order valence-corrected chi connectivity index (χ3v) is 5.66. The first-order valence-electron chi connectivity index (χ1n) is 10.8. The number of allylic oxidation sites excluding steroid dienone is 1. The van der Waals surface area contributed by atoms with Crippen molar-refractivity contribution in [2.45, 2.75) is 32.3 Å². The summed E-state index contributed by atoms with van der Waals surface area (Å²) in [6, 6.07) is 8.33. The number of amides is 1. The van der Waals surface area contributed by atoms with Crippen molar-refractivity contribution in [2.75, 3.05) is 32.1 Å². The van der Waals surface area contributed by atoms with Gasteiger partial charge in [0.15, 0.2) is 0 Å². The quantitative estimate of drug-likeness (QED) is 0.483. The molecular formula is C25H28FN3O3. The van der Waals surface area contributed by atoms with Crippen molar-refractivity contribution in [3.8, 4) is 0 Å². The fourth-order valence-electron chi connectivity index (χ4n) is 4.02. The predicted octanol–water partition coefficient (Wildman–Crippen LogP) is 3.94. The van der Waals surface area contributed by atoms with Gasteiger partial charge in [0.05, 0.1) is 11.3 Å². The number of ether oxygens (including phenoxy) is 2. The lowest BCUT2D eigenvalue weighted by molar-refractivity contribution is -0.111. The molecule has 2 aromatic rings. The highest BCUT2D eigenvalue weighted by Crippen LogP contribution is 2.44. The molecule has 0 atom stereocenters. The minimum Gasteiger partial charge on any atom is -0.482 e. The number of pyridine rings is 1. The second kappa shape index (κ2) is 9.22. The molecule has 0 spiro atoms. The number of hydrogen-bond acceptors (Lipinski definition) is 5. The van der Waals surface area contributed by atoms with E-state index in [9.17, 15) is 9.18 Å². The molecule has 2 aliphatic rings. The lowest BCUT2D eigenvalue weighted by atomic mass is 9.93. The zero-order chi connectivity index (χ0) is 22.7. The van der Waals surface area contributed by atoms with Gasteiger partial charge in [-0.15, -0.1) is 0 Å². The summed E-state index contributed by atoms with van der Waals surface area (Å²) in [6.45, 7) is 6.46. The molecule has 0 fully saturated rings. The number of nitrogens with zero attached hydrogens (tertiary/aromatic N) is 1. The Balaban J connectivity index is 1.52. The molecule has 1 aromatic carbocycles. The number of fused-ring (bicyclic) bond motifs is 1. The van der Waals surface area contributed by atoms with Crippen LogP contribution in [0.3, 0.4) is 0 Å². The highest BCUT2D eigenvalue weighted by atomic mass is 19.1. The van der Waals surface area contributed by atoms with E-state index < -0.39 is 11.4 Å². The van der Waals surface area contributed by atoms with E-state index in [1.54, 1.807) is 13.2 Å². The Kier molecular flexibility index (Phi) is 6.39. The fourth-order valence-corrected chi connectivity index (χ4v) is 4.02. The molecule has 4 rings (SSSR count). The standard InChI is InChI=1S/C25H28FN3O3/c1-25(2)20(16-5-7-18(28-15-16)9-11-27-10-4-12-31-3)14-22(32-25)23-19-8-6-17(26)13-21(19)29-24(23)30/h5-8,13-15,27H,4,9-12H2,1-3H3,(H,29,30)/b23-22+. The summed E-state index contributed by atoms with van der Waals surface area (Å²) in [5.41, 5.74) is 3.80. The van der Waals surface area contributed by atoms with Crippen molar-refractivity contribution >= 4 is 22.7 Å². The molecule has 2 N–H and O–H groups in total. The first-order valence-corrected chi connectivity index (χ1v) is 10.8. The van der Waals surface area contributed by atoms with Gasteiger partial charge in [-0.3, -0.25) is 9.78 Å². The van der Waals surface area contributed by atoms with Crippen molar-refractivity contribution in [1.82, 2.24) is 10.3 Å². The van der Waals surface area contributed by atoms with Crippen LogP contribution in [-0.4, -0.2) is 43.3 Å². The molecule has 168 valence electrons. The normalized spacial score (nSPS) is 18.9. The average molecular weight is 438 g/mol. The Bertz CT molecular complexity index is 1070. The van der Waals surface area contributed by atoms with Crippen LogP contribution in [-0.2, 0) is 20.7 Å². The number of rotatable bonds is 8. The lowest BCUT2D eigenvalue weighted by Gasteiger charge is -2.23. The number of anilines is 1. The SMILES string of the molecule is COCCCNCCc1ccc(C2=C/C(=C3\C(=O)Nc4cc(F)ccc43)OC2(C)C)cn1. The molecule has 0 bridgehead atoms. The number of benzene rings is 1. The van der Waals surface area contributed by atoms with Crippen LogP contribution in [0.4, 0.5) is 10.1 Å². The maximum Gasteiger partial charge on any atom is 0.260 e. The van der Waals surface area contributed by atoms with Gasteiger partial charge in [0.2, 0.25) is 0 Å². The molecule has 2 aliphatic heterocycles. The molecule has 32 heavy (non-hydrogen) atoms. The van der Waals surface area contributed by atoms with Crippen molar-refractivity contribution in [2.24, 2.45) is 0 Å². The van der Waals surface area contributed by atoms with Gasteiger partial charge in [-0.05, 0) is 57.2 Å². The Morgan fingerprint density at radius 2 is 2.06 bits per heavy atom. The van der Waals surface area contributed by atoms with Gasteiger partial charge in [-0.1, -0.05) is 6.07 Å². The minimum absolute atomic E-state index is 0.291. The van der Waals surface area contributed by atoms with Crippen molar-refractivity contribution < 1.29 is 18.7 Å². The molecule has 0 aliphatic carbocycles. The van der Waals surface area contributed by atoms with Crippen LogP contribution in [0.15, 0.2) is 48.4 Å². The summed E-state index contributed by atoms with van der Waals surface area (Å²) in [7, 11) is 1.71. The monoisotopic (exact) mass is 437 g/mol. The first-order chi connectivity index (χ1) is 15.4. The molecule has 0 radical (unpaired) electrons. The molecule has 6 nitrogen and oxygen atoms in total. The van der Waals surface area contributed by atoms with E-state index >= 15 is 0 Å². The smallest absolute Gasteiger partial charge is 0.260 e. The maximum atomic E-state index is 13.6. The topological polar surface area (TPSA) is 72.5 Å². The molecule has 0 saturated heterocycles. The van der Waals surface area contributed by atoms with Crippen LogP contribution in [0.2, 0.25) is 0 Å². The number of halogens is 1. The number of nitrogens with one attached hydrogen (secondary N) is 2. The summed E-state index contributed by atoms with van der Waals surface area (Å²) < 4.78 is 24.8. The van der Waals surface area contributed by atoms with Crippen LogP contribution < -0.4 is 10.6 Å². The number of hydrogen-bond donors (Lipinski definition) is 2. The van der Waals surface area contributed by atoms with Gasteiger partial charge in [0.1, 0.15) is 17.2 Å². The van der Waals surface area contributed by atoms with Crippen molar-refractivity contribution in [3.05, 3.63) is 71.0 Å². The lowest BCUT2D eigenvalue weighted by Crippen LogP contribution is -2.21. The molecular weight excluding hydrogens is 409 g/mol. The summed E-state index contributed by atoms with van der Waals surface area (Å²) >= 11 is 0. The third-order valence-electron chi connectivity index (χ3n) is 5.66. The number of methoxy groups -OCH3 is 1. The zero-order valence-corrected chi connectivity index (χ0v) is 18.6. The van der Waals surface area contributed by atoms with Crippen LogP contribution in [0.5, 0.6) is 0 Å². The largest absolute Gasteiger partial charge is 0.482 e. The van der Waals surface area contributed by atoms with Crippen molar-refractivity contribution in [1.29, 1.82) is 0 Å². The van der Waals surface area contributed by atoms with E-state index in [4.69, 9.17) is 9.47 Å². The second-order valence-corrected chi connectivity index (χ2v) is 8.44. The number of carbonyl (C=O) groups excluding carboxylic acids is 1. The molecule has 7 heteroatoms. The summed E-state index contributed by atoms with van der Waals surface area (Å²) in [5.74, 6) is -0.201. The van der Waals surface area contributed by atoms with E-state index in [1.807, 2.05) is 38.3 Å². The van der Waals surface area contributed by atoms with Crippen molar-refractivity contribution in [3.63, 3.8) is 0 Å². The van der Waals surface area contributed by atoms with Crippen LogP contribution in [0.1, 0.15) is 37.1 Å². The van der Waals surface area contributed by atoms with Gasteiger partial charge in [-0.2, -0.15) is 0 Å². The minimum atomic E-state index is -0.627. The predicted molar refractivity (Wildman–Crippen MR) is 122 cm³/mol. The zero-order valence-electron chi connectivity index (χ0n) is 18.6. The molecule has 1 aromatic heterocycles. The molecule has 3 heterocycles. The Labute approximate surface area is 187 Å². The summed E-state index contributed by atoms with van der Waals surface area (Å²) in [4.78, 5) is 17.2. The number of carbonyl (C=O) groups is 1. The highest BCUT2D eigenvalue weighted by Gasteiger charge is 2.38. The van der Waals surface area contributed by atoms with E-state index in [2.05, 4.69) is 15.6 Å². The summed E-state index contributed by atoms with van der Waals surface area (Å²) in [5, 5.41) is 6.10. The molecule has 1 amide bonds.